The molecule has 2 aliphatic rings. The molecule has 0 unspecified atom stereocenters. The Morgan fingerprint density at radius 1 is 1.29 bits per heavy atom. The molecular weight excluding hydrogens is 260 g/mol. The predicted molar refractivity (Wildman–Crippen MR) is 81.4 cm³/mol. The lowest BCUT2D eigenvalue weighted by Crippen LogP contribution is -2.08. The van der Waals surface area contributed by atoms with Crippen molar-refractivity contribution in [2.24, 2.45) is 5.92 Å². The summed E-state index contributed by atoms with van der Waals surface area (Å²) in [4.78, 5) is 9.12. The van der Waals surface area contributed by atoms with Gasteiger partial charge in [0.25, 0.3) is 0 Å². The van der Waals surface area contributed by atoms with Gasteiger partial charge in [0, 0.05) is 24.2 Å². The highest BCUT2D eigenvalue weighted by atomic mass is 15.4. The number of hydrogen-bond donors (Lipinski definition) is 0. The van der Waals surface area contributed by atoms with Crippen LogP contribution >= 0.6 is 0 Å². The van der Waals surface area contributed by atoms with Gasteiger partial charge < -0.3 is 0 Å². The number of aryl methyl sites for hydroxylation is 1. The van der Waals surface area contributed by atoms with Crippen molar-refractivity contribution < 1.29 is 0 Å². The summed E-state index contributed by atoms with van der Waals surface area (Å²) in [5.74, 6) is 3.33. The molecule has 0 aliphatic heterocycles. The molecule has 0 saturated heterocycles. The Kier molecular flexibility index (Phi) is 3.09. The van der Waals surface area contributed by atoms with Crippen LogP contribution in [0.3, 0.4) is 0 Å². The van der Waals surface area contributed by atoms with Gasteiger partial charge in [-0.1, -0.05) is 12.2 Å². The topological polar surface area (TPSA) is 43.6 Å². The van der Waals surface area contributed by atoms with Crippen LogP contribution in [0, 0.1) is 12.8 Å². The fraction of sp³-hybridized carbons (Fsp3) is 0.471. The van der Waals surface area contributed by atoms with Gasteiger partial charge in [0.15, 0.2) is 5.82 Å². The standard InChI is InChI=1S/C17H20N4/c1-12-10-15(8-9-18-12)21-16(11-13-4-2-3-5-13)19-17(20-21)14-6-7-14/h2,4,8-10,13-14H,3,5-7,11H2,1H3/t13-/m0/s1. The van der Waals surface area contributed by atoms with Gasteiger partial charge in [-0.2, -0.15) is 5.10 Å². The first-order valence-electron chi connectivity index (χ1n) is 7.85. The SMILES string of the molecule is Cc1cc(-n2nc(C3CC3)nc2C[C@H]2C=CCC2)ccn1. The van der Waals surface area contributed by atoms with E-state index in [-0.39, 0.29) is 0 Å². The molecular formula is C17H20N4. The zero-order chi connectivity index (χ0) is 14.2. The van der Waals surface area contributed by atoms with Crippen molar-refractivity contribution in [3.8, 4) is 5.69 Å². The number of nitrogens with zero attached hydrogens (tertiary/aromatic N) is 4. The average molecular weight is 280 g/mol. The Bertz CT molecular complexity index is 682. The third-order valence-corrected chi connectivity index (χ3v) is 4.31. The number of aromatic nitrogens is 4. The molecule has 108 valence electrons. The van der Waals surface area contributed by atoms with E-state index in [1.807, 2.05) is 23.9 Å². The van der Waals surface area contributed by atoms with Crippen molar-refractivity contribution in [1.82, 2.24) is 19.7 Å². The lowest BCUT2D eigenvalue weighted by Gasteiger charge is -2.09. The normalized spacial score (nSPS) is 21.1. The second-order valence-corrected chi connectivity index (χ2v) is 6.20. The molecule has 2 aromatic rings. The smallest absolute Gasteiger partial charge is 0.154 e. The van der Waals surface area contributed by atoms with Crippen LogP contribution in [0.2, 0.25) is 0 Å². The van der Waals surface area contributed by atoms with Gasteiger partial charge in [-0.05, 0) is 50.7 Å². The maximum absolute atomic E-state index is 4.84. The van der Waals surface area contributed by atoms with Gasteiger partial charge in [-0.25, -0.2) is 9.67 Å². The van der Waals surface area contributed by atoms with Gasteiger partial charge in [-0.3, -0.25) is 4.98 Å². The fourth-order valence-electron chi connectivity index (χ4n) is 2.98. The van der Waals surface area contributed by atoms with Crippen LogP contribution in [0.5, 0.6) is 0 Å². The van der Waals surface area contributed by atoms with Crippen molar-refractivity contribution in [1.29, 1.82) is 0 Å². The Balaban J connectivity index is 1.71. The minimum atomic E-state index is 0.590. The predicted octanol–water partition coefficient (Wildman–Crippen LogP) is 3.36. The molecule has 4 nitrogen and oxygen atoms in total. The summed E-state index contributed by atoms with van der Waals surface area (Å²) in [7, 11) is 0. The van der Waals surface area contributed by atoms with Crippen LogP contribution < -0.4 is 0 Å². The Labute approximate surface area is 124 Å². The lowest BCUT2D eigenvalue weighted by molar-refractivity contribution is 0.595. The Hall–Kier alpha value is -1.97. The molecule has 2 aromatic heterocycles. The first-order valence-corrected chi connectivity index (χ1v) is 7.85. The largest absolute Gasteiger partial charge is 0.261 e. The van der Waals surface area contributed by atoms with Crippen molar-refractivity contribution in [3.63, 3.8) is 0 Å². The summed E-state index contributed by atoms with van der Waals surface area (Å²) in [5.41, 5.74) is 2.10. The highest BCUT2D eigenvalue weighted by Crippen LogP contribution is 2.38. The molecule has 2 aliphatic carbocycles. The molecule has 4 rings (SSSR count). The third kappa shape index (κ3) is 2.62. The number of allylic oxidation sites excluding steroid dienone is 2. The van der Waals surface area contributed by atoms with E-state index in [2.05, 4.69) is 23.2 Å². The van der Waals surface area contributed by atoms with E-state index in [0.717, 1.165) is 29.5 Å². The van der Waals surface area contributed by atoms with Crippen molar-refractivity contribution in [2.75, 3.05) is 0 Å². The minimum absolute atomic E-state index is 0.590. The lowest BCUT2D eigenvalue weighted by atomic mass is 10.1. The molecule has 0 N–H and O–H groups in total. The Morgan fingerprint density at radius 3 is 2.90 bits per heavy atom. The van der Waals surface area contributed by atoms with E-state index >= 15 is 0 Å². The van der Waals surface area contributed by atoms with E-state index < -0.39 is 0 Å². The summed E-state index contributed by atoms with van der Waals surface area (Å²) in [5, 5.41) is 4.78. The van der Waals surface area contributed by atoms with Gasteiger partial charge in [-0.15, -0.1) is 0 Å². The highest BCUT2D eigenvalue weighted by Gasteiger charge is 2.29. The van der Waals surface area contributed by atoms with E-state index in [1.54, 1.807) is 0 Å². The maximum atomic E-state index is 4.84. The van der Waals surface area contributed by atoms with Gasteiger partial charge in [0.1, 0.15) is 5.82 Å². The average Bonchev–Trinajstić information content (AvgIpc) is 3.05. The molecule has 0 spiro atoms. The molecule has 4 heteroatoms. The highest BCUT2D eigenvalue weighted by molar-refractivity contribution is 5.32. The summed E-state index contributed by atoms with van der Waals surface area (Å²) in [6, 6.07) is 4.10. The number of hydrogen-bond acceptors (Lipinski definition) is 3. The van der Waals surface area contributed by atoms with Gasteiger partial charge in [0.2, 0.25) is 0 Å². The number of pyridine rings is 1. The van der Waals surface area contributed by atoms with E-state index in [4.69, 9.17) is 10.1 Å². The van der Waals surface area contributed by atoms with Crippen LogP contribution in [0.4, 0.5) is 0 Å². The summed E-state index contributed by atoms with van der Waals surface area (Å²) >= 11 is 0. The van der Waals surface area contributed by atoms with Crippen LogP contribution in [0.15, 0.2) is 30.5 Å². The third-order valence-electron chi connectivity index (χ3n) is 4.31. The zero-order valence-corrected chi connectivity index (χ0v) is 12.4. The summed E-state index contributed by atoms with van der Waals surface area (Å²) < 4.78 is 2.04. The molecule has 2 heterocycles. The van der Waals surface area contributed by atoms with Crippen LogP contribution in [-0.2, 0) is 6.42 Å². The summed E-state index contributed by atoms with van der Waals surface area (Å²) in [6.45, 7) is 2.02. The second-order valence-electron chi connectivity index (χ2n) is 6.20. The molecule has 1 fully saturated rings. The molecule has 0 radical (unpaired) electrons. The fourth-order valence-corrected chi connectivity index (χ4v) is 2.98. The maximum Gasteiger partial charge on any atom is 0.154 e. The molecule has 1 saturated carbocycles. The molecule has 1 atom stereocenters. The molecule has 0 bridgehead atoms. The van der Waals surface area contributed by atoms with Crippen LogP contribution in [-0.4, -0.2) is 19.7 Å². The molecule has 0 amide bonds. The van der Waals surface area contributed by atoms with Crippen molar-refractivity contribution in [2.45, 2.75) is 44.9 Å². The molecule has 21 heavy (non-hydrogen) atoms. The van der Waals surface area contributed by atoms with E-state index in [9.17, 15) is 0 Å². The second kappa shape index (κ2) is 5.10. The van der Waals surface area contributed by atoms with Crippen molar-refractivity contribution in [3.05, 3.63) is 47.8 Å². The first kappa shape index (κ1) is 12.7. The molecule has 0 aromatic carbocycles. The quantitative estimate of drug-likeness (QED) is 0.807. The minimum Gasteiger partial charge on any atom is -0.261 e. The Morgan fingerprint density at radius 2 is 2.19 bits per heavy atom. The summed E-state index contributed by atoms with van der Waals surface area (Å²) in [6.07, 6.45) is 12.4. The van der Waals surface area contributed by atoms with Gasteiger partial charge >= 0.3 is 0 Å². The monoisotopic (exact) mass is 280 g/mol. The number of rotatable bonds is 4. The van der Waals surface area contributed by atoms with Gasteiger partial charge in [0.05, 0.1) is 5.69 Å². The van der Waals surface area contributed by atoms with E-state index in [1.165, 1.54) is 25.7 Å². The van der Waals surface area contributed by atoms with E-state index in [0.29, 0.717) is 11.8 Å². The zero-order valence-electron chi connectivity index (χ0n) is 12.4. The van der Waals surface area contributed by atoms with Crippen molar-refractivity contribution >= 4 is 0 Å². The van der Waals surface area contributed by atoms with Crippen LogP contribution in [0.1, 0.15) is 48.9 Å². The first-order chi connectivity index (χ1) is 10.3. The van der Waals surface area contributed by atoms with Crippen LogP contribution in [0.25, 0.3) is 5.69 Å².